The third kappa shape index (κ3) is 2.39. The fourth-order valence-electron chi connectivity index (χ4n) is 4.63. The number of nitrogens with one attached hydrogen (secondary N) is 1. The molecule has 1 aromatic rings. The normalized spacial score (nSPS) is 25.3. The van der Waals surface area contributed by atoms with Crippen molar-refractivity contribution in [2.45, 2.75) is 43.6 Å². The molecule has 0 radical (unpaired) electrons. The van der Waals surface area contributed by atoms with Crippen molar-refractivity contribution < 1.29 is 9.53 Å². The molecule has 1 saturated carbocycles. The highest BCUT2D eigenvalue weighted by Crippen LogP contribution is 2.44. The van der Waals surface area contributed by atoms with Crippen LogP contribution in [0.3, 0.4) is 0 Å². The van der Waals surface area contributed by atoms with Crippen LogP contribution < -0.4 is 5.32 Å². The molecule has 124 valence electrons. The Morgan fingerprint density at radius 2 is 1.96 bits per heavy atom. The van der Waals surface area contributed by atoms with Gasteiger partial charge in [-0.3, -0.25) is 4.79 Å². The average Bonchev–Trinajstić information content (AvgIpc) is 3.04. The third-order valence-electron chi connectivity index (χ3n) is 5.96. The van der Waals surface area contributed by atoms with Crippen LogP contribution in [0.1, 0.15) is 36.8 Å². The van der Waals surface area contributed by atoms with Crippen LogP contribution in [0, 0.1) is 6.92 Å². The molecule has 2 heterocycles. The van der Waals surface area contributed by atoms with Gasteiger partial charge in [0.25, 0.3) is 0 Å². The van der Waals surface area contributed by atoms with Crippen LogP contribution >= 0.6 is 0 Å². The molecule has 1 amide bonds. The largest absolute Gasteiger partial charge is 0.369 e. The van der Waals surface area contributed by atoms with Crippen LogP contribution in [0.25, 0.3) is 0 Å². The number of carbonyl (C=O) groups is 1. The third-order valence-corrected chi connectivity index (χ3v) is 5.96. The van der Waals surface area contributed by atoms with Crippen molar-refractivity contribution in [3.05, 3.63) is 35.4 Å². The molecule has 0 aromatic heterocycles. The van der Waals surface area contributed by atoms with Gasteiger partial charge < -0.3 is 15.0 Å². The Bertz CT molecular complexity index is 603. The second kappa shape index (κ2) is 5.60. The summed E-state index contributed by atoms with van der Waals surface area (Å²) in [6.45, 7) is 6.01. The van der Waals surface area contributed by atoms with Crippen LogP contribution in [-0.2, 0) is 14.9 Å². The number of hydrogen-bond acceptors (Lipinski definition) is 3. The van der Waals surface area contributed by atoms with Crippen molar-refractivity contribution in [3.63, 3.8) is 0 Å². The molecule has 3 fully saturated rings. The van der Waals surface area contributed by atoms with Crippen molar-refractivity contribution in [2.24, 2.45) is 0 Å². The van der Waals surface area contributed by atoms with E-state index >= 15 is 0 Å². The number of amides is 1. The second-order valence-electron chi connectivity index (χ2n) is 7.47. The van der Waals surface area contributed by atoms with E-state index in [0.717, 1.165) is 51.9 Å². The Labute approximate surface area is 138 Å². The van der Waals surface area contributed by atoms with Crippen LogP contribution in [0.4, 0.5) is 0 Å². The van der Waals surface area contributed by atoms with Gasteiger partial charge in [-0.15, -0.1) is 0 Å². The van der Waals surface area contributed by atoms with Crippen molar-refractivity contribution in [2.75, 3.05) is 32.8 Å². The van der Waals surface area contributed by atoms with Crippen LogP contribution in [-0.4, -0.2) is 49.2 Å². The zero-order valence-corrected chi connectivity index (χ0v) is 13.9. The number of ether oxygens (including phenoxy) is 1. The van der Waals surface area contributed by atoms with Gasteiger partial charge in [0.1, 0.15) is 5.60 Å². The summed E-state index contributed by atoms with van der Waals surface area (Å²) in [5, 5.41) is 3.29. The maximum atomic E-state index is 13.6. The average molecular weight is 314 g/mol. The van der Waals surface area contributed by atoms with Crippen molar-refractivity contribution in [1.82, 2.24) is 10.2 Å². The van der Waals surface area contributed by atoms with E-state index < -0.39 is 0 Å². The van der Waals surface area contributed by atoms with E-state index in [1.807, 2.05) is 0 Å². The monoisotopic (exact) mass is 314 g/mol. The first kappa shape index (κ1) is 15.2. The number of carbonyl (C=O) groups excluding carboxylic acids is 1. The summed E-state index contributed by atoms with van der Waals surface area (Å²) in [5.74, 6) is 0.332. The SMILES string of the molecule is Cc1ccccc1C1(C(=O)N2CCOC3(CNC3)C2)CCCC1. The Hall–Kier alpha value is -1.39. The fourth-order valence-corrected chi connectivity index (χ4v) is 4.63. The van der Waals surface area contributed by atoms with Gasteiger partial charge in [0.05, 0.1) is 18.6 Å². The van der Waals surface area contributed by atoms with Crippen molar-refractivity contribution in [1.29, 1.82) is 0 Å². The fraction of sp³-hybridized carbons (Fsp3) is 0.632. The van der Waals surface area contributed by atoms with Crippen LogP contribution in [0.5, 0.6) is 0 Å². The molecular weight excluding hydrogens is 288 g/mol. The lowest BCUT2D eigenvalue weighted by atomic mass is 9.75. The lowest BCUT2D eigenvalue weighted by Crippen LogP contribution is -2.70. The van der Waals surface area contributed by atoms with Gasteiger partial charge in [0.2, 0.25) is 5.91 Å². The number of morpholine rings is 1. The predicted octanol–water partition coefficient (Wildman–Crippen LogP) is 2.01. The molecule has 3 aliphatic rings. The summed E-state index contributed by atoms with van der Waals surface area (Å²) in [6, 6.07) is 8.45. The molecule has 1 N–H and O–H groups in total. The highest BCUT2D eigenvalue weighted by atomic mass is 16.5. The molecule has 0 unspecified atom stereocenters. The minimum atomic E-state index is -0.305. The molecule has 2 saturated heterocycles. The van der Waals surface area contributed by atoms with E-state index in [9.17, 15) is 4.79 Å². The topological polar surface area (TPSA) is 41.6 Å². The summed E-state index contributed by atoms with van der Waals surface area (Å²) >= 11 is 0. The van der Waals surface area contributed by atoms with E-state index in [0.29, 0.717) is 12.5 Å². The van der Waals surface area contributed by atoms with Crippen LogP contribution in [0.2, 0.25) is 0 Å². The van der Waals surface area contributed by atoms with Crippen molar-refractivity contribution in [3.8, 4) is 0 Å². The molecule has 23 heavy (non-hydrogen) atoms. The number of nitrogens with zero attached hydrogens (tertiary/aromatic N) is 1. The first-order valence-corrected chi connectivity index (χ1v) is 8.86. The van der Waals surface area contributed by atoms with E-state index in [4.69, 9.17) is 4.74 Å². The first-order chi connectivity index (χ1) is 11.2. The molecule has 1 spiro atoms. The Morgan fingerprint density at radius 1 is 1.22 bits per heavy atom. The molecule has 1 aliphatic carbocycles. The lowest BCUT2D eigenvalue weighted by Gasteiger charge is -2.50. The first-order valence-electron chi connectivity index (χ1n) is 8.86. The number of aryl methyl sites for hydroxylation is 1. The molecule has 0 bridgehead atoms. The summed E-state index contributed by atoms with van der Waals surface area (Å²) in [5.41, 5.74) is 2.06. The number of hydrogen-bond donors (Lipinski definition) is 1. The van der Waals surface area contributed by atoms with Gasteiger partial charge in [0, 0.05) is 19.6 Å². The summed E-state index contributed by atoms with van der Waals surface area (Å²) in [4.78, 5) is 15.6. The highest BCUT2D eigenvalue weighted by molar-refractivity contribution is 5.89. The van der Waals surface area contributed by atoms with Gasteiger partial charge >= 0.3 is 0 Å². The molecular formula is C19H26N2O2. The highest BCUT2D eigenvalue weighted by Gasteiger charge is 2.50. The summed E-state index contributed by atoms with van der Waals surface area (Å²) < 4.78 is 5.95. The van der Waals surface area contributed by atoms with Gasteiger partial charge in [-0.1, -0.05) is 37.1 Å². The van der Waals surface area contributed by atoms with Gasteiger partial charge in [-0.25, -0.2) is 0 Å². The Morgan fingerprint density at radius 3 is 2.61 bits per heavy atom. The Kier molecular flexibility index (Phi) is 3.69. The predicted molar refractivity (Wildman–Crippen MR) is 89.5 cm³/mol. The van der Waals surface area contributed by atoms with Gasteiger partial charge in [-0.05, 0) is 30.9 Å². The molecule has 1 aromatic carbocycles. The van der Waals surface area contributed by atoms with E-state index in [1.165, 1.54) is 11.1 Å². The van der Waals surface area contributed by atoms with Crippen molar-refractivity contribution >= 4 is 5.91 Å². The van der Waals surface area contributed by atoms with E-state index in [1.54, 1.807) is 0 Å². The molecule has 4 heteroatoms. The summed E-state index contributed by atoms with van der Waals surface area (Å²) in [6.07, 6.45) is 4.27. The zero-order chi connectivity index (χ0) is 15.9. The second-order valence-corrected chi connectivity index (χ2v) is 7.47. The summed E-state index contributed by atoms with van der Waals surface area (Å²) in [7, 11) is 0. The minimum absolute atomic E-state index is 0.126. The molecule has 4 nitrogen and oxygen atoms in total. The number of benzene rings is 1. The van der Waals surface area contributed by atoms with Gasteiger partial charge in [-0.2, -0.15) is 0 Å². The maximum absolute atomic E-state index is 13.6. The standard InChI is InChI=1S/C19H26N2O2/c1-15-6-2-3-7-16(15)19(8-4-5-9-19)17(22)21-10-11-23-18(14-21)12-20-13-18/h2-3,6-7,20H,4-5,8-14H2,1H3. The van der Waals surface area contributed by atoms with E-state index in [-0.39, 0.29) is 11.0 Å². The van der Waals surface area contributed by atoms with Crippen LogP contribution in [0.15, 0.2) is 24.3 Å². The van der Waals surface area contributed by atoms with E-state index in [2.05, 4.69) is 41.4 Å². The zero-order valence-electron chi connectivity index (χ0n) is 13.9. The van der Waals surface area contributed by atoms with Gasteiger partial charge in [0.15, 0.2) is 0 Å². The minimum Gasteiger partial charge on any atom is -0.369 e. The molecule has 0 atom stereocenters. The molecule has 4 rings (SSSR count). The maximum Gasteiger partial charge on any atom is 0.233 e. The quantitative estimate of drug-likeness (QED) is 0.908. The lowest BCUT2D eigenvalue weighted by molar-refractivity contribution is -0.164. The Balaban J connectivity index is 1.65. The number of rotatable bonds is 2. The molecule has 2 aliphatic heterocycles. The smallest absolute Gasteiger partial charge is 0.233 e.